The van der Waals surface area contributed by atoms with Crippen molar-refractivity contribution in [3.63, 3.8) is 0 Å². The van der Waals surface area contributed by atoms with Crippen LogP contribution in [-0.2, 0) is 10.8 Å². The summed E-state index contributed by atoms with van der Waals surface area (Å²) in [6, 6.07) is 4.09. The van der Waals surface area contributed by atoms with Gasteiger partial charge in [-0.1, -0.05) is 157 Å². The van der Waals surface area contributed by atoms with E-state index in [2.05, 4.69) is 74.6 Å². The normalized spacial score (nSPS) is 13.8. The molecule has 42 heavy (non-hydrogen) atoms. The predicted molar refractivity (Wildman–Crippen MR) is 186 cm³/mol. The van der Waals surface area contributed by atoms with Crippen molar-refractivity contribution in [2.45, 2.75) is 178 Å². The van der Waals surface area contributed by atoms with Gasteiger partial charge in [-0.2, -0.15) is 15.0 Å². The molecule has 2 aromatic rings. The molecule has 7 heteroatoms. The predicted octanol–water partition coefficient (Wildman–Crippen LogP) is 11.6. The number of rotatable bonds is 18. The third-order valence-corrected chi connectivity index (χ3v) is 9.68. The third kappa shape index (κ3) is 13.0. The summed E-state index contributed by atoms with van der Waals surface area (Å²) in [5.41, 5.74) is 2.33. The van der Waals surface area contributed by atoms with Crippen molar-refractivity contribution in [3.8, 4) is 5.75 Å². The van der Waals surface area contributed by atoms with Crippen LogP contribution in [0.15, 0.2) is 22.4 Å². The van der Waals surface area contributed by atoms with E-state index in [1.807, 2.05) is 12.1 Å². The Labute approximate surface area is 266 Å². The SMILES string of the molecule is CCCCCCCC(C)Sc1nc(Nc2cc(C(C)(C)C)c(O)c(C(C)(C)C)c2)nc(SC(C)CCCCCCC)n1. The van der Waals surface area contributed by atoms with Gasteiger partial charge in [0, 0.05) is 27.3 Å². The molecular formula is C35H60N4OS2. The molecule has 0 spiro atoms. The topological polar surface area (TPSA) is 70.9 Å². The summed E-state index contributed by atoms with van der Waals surface area (Å²) in [6.07, 6.45) is 15.3. The monoisotopic (exact) mass is 616 g/mol. The molecule has 5 nitrogen and oxygen atoms in total. The van der Waals surface area contributed by atoms with Crippen molar-refractivity contribution in [2.75, 3.05) is 5.32 Å². The van der Waals surface area contributed by atoms with Crippen LogP contribution in [0.2, 0.25) is 0 Å². The Morgan fingerprint density at radius 2 is 1.07 bits per heavy atom. The summed E-state index contributed by atoms with van der Waals surface area (Å²) < 4.78 is 0. The van der Waals surface area contributed by atoms with Crippen molar-refractivity contribution in [3.05, 3.63) is 23.3 Å². The van der Waals surface area contributed by atoms with Gasteiger partial charge < -0.3 is 10.4 Å². The minimum absolute atomic E-state index is 0.206. The van der Waals surface area contributed by atoms with E-state index in [0.717, 1.165) is 27.1 Å². The van der Waals surface area contributed by atoms with Crippen molar-refractivity contribution >= 4 is 35.2 Å². The summed E-state index contributed by atoms with van der Waals surface area (Å²) in [6.45, 7) is 21.9. The van der Waals surface area contributed by atoms with E-state index in [4.69, 9.17) is 15.0 Å². The first-order chi connectivity index (χ1) is 19.7. The van der Waals surface area contributed by atoms with Gasteiger partial charge in [0.2, 0.25) is 5.95 Å². The number of benzene rings is 1. The molecular weight excluding hydrogens is 557 g/mol. The molecule has 0 amide bonds. The summed E-state index contributed by atoms with van der Waals surface area (Å²) in [7, 11) is 0. The van der Waals surface area contributed by atoms with Crippen molar-refractivity contribution in [1.29, 1.82) is 0 Å². The van der Waals surface area contributed by atoms with Crippen LogP contribution in [0.3, 0.4) is 0 Å². The Bertz CT molecular complexity index is 1000. The molecule has 0 aliphatic carbocycles. The van der Waals surface area contributed by atoms with Gasteiger partial charge in [0.05, 0.1) is 0 Å². The molecule has 2 N–H and O–H groups in total. The standard InChI is InChI=1S/C35H60N4OS2/c1-11-13-15-17-19-21-25(3)41-32-37-31(38-33(39-32)42-26(4)22-20-18-16-14-12-2)36-27-23-28(34(5,6)7)30(40)29(24-27)35(8,9)10/h23-26,40H,11-22H2,1-10H3,(H,36,37,38,39). The number of hydrogen-bond donors (Lipinski definition) is 2. The van der Waals surface area contributed by atoms with Gasteiger partial charge in [-0.3, -0.25) is 0 Å². The summed E-state index contributed by atoms with van der Waals surface area (Å²) in [5.74, 6) is 0.954. The number of hydrogen-bond acceptors (Lipinski definition) is 7. The van der Waals surface area contributed by atoms with Gasteiger partial charge in [-0.25, -0.2) is 0 Å². The van der Waals surface area contributed by atoms with E-state index in [9.17, 15) is 5.11 Å². The molecule has 0 saturated heterocycles. The fourth-order valence-electron chi connectivity index (χ4n) is 5.03. The fourth-order valence-corrected chi connectivity index (χ4v) is 6.93. The molecule has 2 rings (SSSR count). The first-order valence-electron chi connectivity index (χ1n) is 16.5. The molecule has 1 aromatic heterocycles. The van der Waals surface area contributed by atoms with Crippen molar-refractivity contribution in [1.82, 2.24) is 15.0 Å². The van der Waals surface area contributed by atoms with Gasteiger partial charge >= 0.3 is 0 Å². The van der Waals surface area contributed by atoms with Crippen LogP contribution in [0, 0.1) is 0 Å². The zero-order chi connectivity index (χ0) is 31.3. The number of aromatic nitrogens is 3. The second kappa shape index (κ2) is 17.7. The highest BCUT2D eigenvalue weighted by Crippen LogP contribution is 2.41. The Morgan fingerprint density at radius 1 is 0.667 bits per heavy atom. The van der Waals surface area contributed by atoms with E-state index in [-0.39, 0.29) is 10.8 Å². The maximum atomic E-state index is 11.2. The number of unbranched alkanes of at least 4 members (excludes halogenated alkanes) is 8. The number of anilines is 2. The lowest BCUT2D eigenvalue weighted by molar-refractivity contribution is 0.423. The second-order valence-corrected chi connectivity index (χ2v) is 16.8. The Kier molecular flexibility index (Phi) is 15.5. The minimum Gasteiger partial charge on any atom is -0.507 e. The Morgan fingerprint density at radius 3 is 1.45 bits per heavy atom. The average Bonchev–Trinajstić information content (AvgIpc) is 2.88. The highest BCUT2D eigenvalue weighted by molar-refractivity contribution is 8.00. The Balaban J connectivity index is 2.32. The quantitative estimate of drug-likeness (QED) is 0.0980. The zero-order valence-electron chi connectivity index (χ0n) is 28.4. The lowest BCUT2D eigenvalue weighted by Gasteiger charge is -2.28. The summed E-state index contributed by atoms with van der Waals surface area (Å²) >= 11 is 3.52. The smallest absolute Gasteiger partial charge is 0.232 e. The van der Waals surface area contributed by atoms with E-state index in [1.165, 1.54) is 77.0 Å². The van der Waals surface area contributed by atoms with Crippen LogP contribution in [-0.4, -0.2) is 30.6 Å². The molecule has 0 fully saturated rings. The number of thioether (sulfide) groups is 2. The largest absolute Gasteiger partial charge is 0.507 e. The van der Waals surface area contributed by atoms with Crippen molar-refractivity contribution < 1.29 is 5.11 Å². The maximum absolute atomic E-state index is 11.2. The number of phenols is 1. The van der Waals surface area contributed by atoms with Crippen LogP contribution in [0.4, 0.5) is 11.6 Å². The van der Waals surface area contributed by atoms with Gasteiger partial charge in [0.25, 0.3) is 0 Å². The molecule has 0 radical (unpaired) electrons. The van der Waals surface area contributed by atoms with E-state index >= 15 is 0 Å². The fraction of sp³-hybridized carbons (Fsp3) is 0.743. The summed E-state index contributed by atoms with van der Waals surface area (Å²) in [4.78, 5) is 14.7. The van der Waals surface area contributed by atoms with Crippen LogP contribution >= 0.6 is 23.5 Å². The van der Waals surface area contributed by atoms with Crippen molar-refractivity contribution in [2.24, 2.45) is 0 Å². The molecule has 0 aliphatic rings. The average molecular weight is 617 g/mol. The molecule has 1 aromatic carbocycles. The van der Waals surface area contributed by atoms with Gasteiger partial charge in [0.15, 0.2) is 10.3 Å². The first kappa shape index (κ1) is 36.7. The van der Waals surface area contributed by atoms with Gasteiger partial charge in [-0.05, 0) is 35.8 Å². The molecule has 0 aliphatic heterocycles. The number of nitrogens with one attached hydrogen (secondary N) is 1. The van der Waals surface area contributed by atoms with Crippen LogP contribution in [0.25, 0.3) is 0 Å². The van der Waals surface area contributed by atoms with Crippen LogP contribution in [0.1, 0.15) is 157 Å². The minimum atomic E-state index is -0.206. The molecule has 1 heterocycles. The Hall–Kier alpha value is -1.47. The number of aromatic hydroxyl groups is 1. The number of nitrogens with zero attached hydrogens (tertiary/aromatic N) is 3. The highest BCUT2D eigenvalue weighted by Gasteiger charge is 2.27. The first-order valence-corrected chi connectivity index (χ1v) is 18.2. The lowest BCUT2D eigenvalue weighted by atomic mass is 9.79. The molecule has 2 unspecified atom stereocenters. The number of phenolic OH excluding ortho intramolecular Hbond substituents is 1. The zero-order valence-corrected chi connectivity index (χ0v) is 30.0. The van der Waals surface area contributed by atoms with E-state index in [0.29, 0.717) is 22.2 Å². The molecule has 238 valence electrons. The molecule has 2 atom stereocenters. The van der Waals surface area contributed by atoms with Crippen LogP contribution in [0.5, 0.6) is 5.75 Å². The van der Waals surface area contributed by atoms with Gasteiger partial charge in [0.1, 0.15) is 5.75 Å². The van der Waals surface area contributed by atoms with Gasteiger partial charge in [-0.15, -0.1) is 0 Å². The molecule has 0 saturated carbocycles. The lowest BCUT2D eigenvalue weighted by Crippen LogP contribution is -2.18. The highest BCUT2D eigenvalue weighted by atomic mass is 32.2. The molecule has 0 bridgehead atoms. The summed E-state index contributed by atoms with van der Waals surface area (Å²) in [5, 5.41) is 17.2. The van der Waals surface area contributed by atoms with E-state index in [1.54, 1.807) is 23.5 Å². The maximum Gasteiger partial charge on any atom is 0.232 e. The third-order valence-electron chi connectivity index (χ3n) is 7.62. The van der Waals surface area contributed by atoms with E-state index < -0.39 is 0 Å². The van der Waals surface area contributed by atoms with Crippen LogP contribution < -0.4 is 5.32 Å². The second-order valence-electron chi connectivity index (χ2n) is 14.0.